The van der Waals surface area contributed by atoms with Gasteiger partial charge in [0.25, 0.3) is 0 Å². The van der Waals surface area contributed by atoms with E-state index < -0.39 is 43.9 Å². The van der Waals surface area contributed by atoms with Crippen LogP contribution in [-0.2, 0) is 31.5 Å². The maximum atomic E-state index is 10.9. The Morgan fingerprint density at radius 3 is 0.762 bits per heavy atom. The first-order valence-corrected chi connectivity index (χ1v) is 9.11. The number of hydrogen-bond donors (Lipinski definition) is 0. The number of carbonyl (C=O) groups excluding carboxylic acids is 4. The summed E-state index contributed by atoms with van der Waals surface area (Å²) < 4.78 is 18.4. The zero-order valence-corrected chi connectivity index (χ0v) is 14.6. The minimum absolute atomic E-state index is 0. The van der Waals surface area contributed by atoms with Gasteiger partial charge < -0.3 is 21.9 Å². The molecule has 0 aromatic heterocycles. The molecule has 0 aromatic carbocycles. The fourth-order valence-corrected chi connectivity index (χ4v) is 5.56. The van der Waals surface area contributed by atoms with Crippen molar-refractivity contribution in [2.45, 2.75) is 27.7 Å². The van der Waals surface area contributed by atoms with E-state index in [9.17, 15) is 19.2 Å². The van der Waals surface area contributed by atoms with Gasteiger partial charge in [0.15, 0.2) is 0 Å². The van der Waals surface area contributed by atoms with Gasteiger partial charge in [0.1, 0.15) is 0 Å². The molecule has 0 aromatic rings. The molecular weight excluding hydrogens is 407 g/mol. The van der Waals surface area contributed by atoms with Crippen LogP contribution >= 0.6 is 0 Å². The van der Waals surface area contributed by atoms with Gasteiger partial charge in [-0.05, 0) is 0 Å². The Bertz CT molecular complexity index is 284. The summed E-state index contributed by atoms with van der Waals surface area (Å²) in [5, 5.41) is 0. The normalized spacial score (nSPS) is 8.19. The summed E-state index contributed by atoms with van der Waals surface area (Å²) in [7, 11) is 0. The van der Waals surface area contributed by atoms with E-state index in [1.54, 1.807) is 0 Å². The van der Waals surface area contributed by atoms with Crippen LogP contribution in [0.1, 0.15) is 27.7 Å². The second kappa shape index (κ2) is 13.5. The standard InChI is InChI=1S/4C2H4O2.4H2O.Sn/c4*1-2(3)4;;;;;/h4*1H3,(H,3,4);4*1H2;/q;;;;;;;;+4/p-4. The van der Waals surface area contributed by atoms with Crippen molar-refractivity contribution < 1.29 is 53.4 Å². The van der Waals surface area contributed by atoms with Gasteiger partial charge in [0, 0.05) is 0 Å². The van der Waals surface area contributed by atoms with Crippen molar-refractivity contribution in [1.82, 2.24) is 0 Å². The van der Waals surface area contributed by atoms with Crippen LogP contribution in [0, 0.1) is 0 Å². The summed E-state index contributed by atoms with van der Waals surface area (Å²) in [5.74, 6) is -3.54. The van der Waals surface area contributed by atoms with Crippen LogP contribution in [0.15, 0.2) is 0 Å². The summed E-state index contributed by atoms with van der Waals surface area (Å²) in [4.78, 5) is 43.4. The van der Waals surface area contributed by atoms with Gasteiger partial charge in [-0.3, -0.25) is 0 Å². The minimum atomic E-state index is -5.28. The molecule has 0 saturated heterocycles. The van der Waals surface area contributed by atoms with E-state index in [1.807, 2.05) is 0 Å². The van der Waals surface area contributed by atoms with E-state index in [0.29, 0.717) is 0 Å². The number of rotatable bonds is 4. The Kier molecular flexibility index (Phi) is 20.4. The Morgan fingerprint density at radius 1 is 0.524 bits per heavy atom. The molecule has 0 amide bonds. The van der Waals surface area contributed by atoms with E-state index in [1.165, 1.54) is 0 Å². The zero-order valence-electron chi connectivity index (χ0n) is 11.8. The molecule has 0 aliphatic carbocycles. The van der Waals surface area contributed by atoms with Crippen LogP contribution in [0.2, 0.25) is 0 Å². The molecule has 0 atom stereocenters. The van der Waals surface area contributed by atoms with Crippen LogP contribution in [0.25, 0.3) is 0 Å². The van der Waals surface area contributed by atoms with Crippen LogP contribution in [0.5, 0.6) is 0 Å². The maximum absolute atomic E-state index is 10.9. The van der Waals surface area contributed by atoms with Crippen molar-refractivity contribution in [2.24, 2.45) is 0 Å². The van der Waals surface area contributed by atoms with Gasteiger partial charge in [-0.15, -0.1) is 0 Å². The summed E-state index contributed by atoms with van der Waals surface area (Å²) in [6.45, 7) is 4.01. The van der Waals surface area contributed by atoms with E-state index >= 15 is 0 Å². The van der Waals surface area contributed by atoms with Gasteiger partial charge in [-0.25, -0.2) is 0 Å². The first-order valence-electron chi connectivity index (χ1n) is 4.45. The first-order chi connectivity index (χ1) is 7.67. The maximum Gasteiger partial charge on any atom is -0.412 e. The Labute approximate surface area is 125 Å². The summed E-state index contributed by atoms with van der Waals surface area (Å²) in [6.07, 6.45) is 0. The molecular formula is C8H20O12Sn. The van der Waals surface area contributed by atoms with E-state index in [2.05, 4.69) is 12.3 Å². The monoisotopic (exact) mass is 428 g/mol. The van der Waals surface area contributed by atoms with Crippen LogP contribution < -0.4 is 0 Å². The smallest absolute Gasteiger partial charge is 0.412 e. The molecule has 0 radical (unpaired) electrons. The molecule has 0 aliphatic rings. The van der Waals surface area contributed by atoms with Crippen LogP contribution in [0.3, 0.4) is 0 Å². The van der Waals surface area contributed by atoms with E-state index in [-0.39, 0.29) is 21.9 Å². The summed E-state index contributed by atoms with van der Waals surface area (Å²) >= 11 is -5.28. The fourth-order valence-electron chi connectivity index (χ4n) is 0.829. The number of hydrogen-bond acceptors (Lipinski definition) is 8. The van der Waals surface area contributed by atoms with Gasteiger partial charge >= 0.3 is 103 Å². The largest absolute Gasteiger partial charge is 0.412 e. The van der Waals surface area contributed by atoms with E-state index in [4.69, 9.17) is 0 Å². The molecule has 0 rings (SSSR count). The fraction of sp³-hybridized carbons (Fsp3) is 0.500. The molecule has 0 fully saturated rings. The molecule has 128 valence electrons. The van der Waals surface area contributed by atoms with Crippen molar-refractivity contribution in [1.29, 1.82) is 0 Å². The van der Waals surface area contributed by atoms with Crippen LogP contribution in [-0.4, -0.2) is 65.8 Å². The predicted molar refractivity (Wildman–Crippen MR) is 67.3 cm³/mol. The quantitative estimate of drug-likeness (QED) is 0.405. The molecule has 0 aliphatic heterocycles. The molecule has 13 heteroatoms. The van der Waals surface area contributed by atoms with Crippen molar-refractivity contribution in [3.8, 4) is 0 Å². The average Bonchev–Trinajstić information content (AvgIpc) is 1.95. The van der Waals surface area contributed by atoms with E-state index in [0.717, 1.165) is 27.7 Å². The molecule has 0 bridgehead atoms. The Hall–Kier alpha value is -1.48. The summed E-state index contributed by atoms with van der Waals surface area (Å²) in [6, 6.07) is 0. The van der Waals surface area contributed by atoms with Crippen molar-refractivity contribution in [3.63, 3.8) is 0 Å². The topological polar surface area (TPSA) is 231 Å². The summed E-state index contributed by atoms with van der Waals surface area (Å²) in [5.41, 5.74) is 0. The van der Waals surface area contributed by atoms with Gasteiger partial charge in [0.2, 0.25) is 0 Å². The number of carbonyl (C=O) groups is 4. The molecule has 8 N–H and O–H groups in total. The predicted octanol–water partition coefficient (Wildman–Crippen LogP) is -3.62. The van der Waals surface area contributed by atoms with Gasteiger partial charge in [-0.1, -0.05) is 0 Å². The minimum Gasteiger partial charge on any atom is -0.412 e. The SMILES string of the molecule is CC(=O)[O][Sn]([O]C(C)=O)([O]C(C)=O)[O]C(C)=O.O.O.O.O. The average molecular weight is 427 g/mol. The molecule has 0 heterocycles. The Balaban J connectivity index is -0.000000213. The van der Waals surface area contributed by atoms with Gasteiger partial charge in [-0.2, -0.15) is 0 Å². The first kappa shape index (κ1) is 31.8. The third kappa shape index (κ3) is 14.7. The van der Waals surface area contributed by atoms with Crippen molar-refractivity contribution in [3.05, 3.63) is 0 Å². The van der Waals surface area contributed by atoms with Crippen molar-refractivity contribution >= 4 is 43.9 Å². The van der Waals surface area contributed by atoms with Crippen LogP contribution in [0.4, 0.5) is 0 Å². The van der Waals surface area contributed by atoms with Gasteiger partial charge in [0.05, 0.1) is 0 Å². The molecule has 0 spiro atoms. The third-order valence-electron chi connectivity index (χ3n) is 1.07. The molecule has 0 unspecified atom stereocenters. The third-order valence-corrected chi connectivity index (χ3v) is 7.21. The molecule has 21 heavy (non-hydrogen) atoms. The molecule has 0 saturated carbocycles. The molecule has 12 nitrogen and oxygen atoms in total. The van der Waals surface area contributed by atoms with Crippen molar-refractivity contribution in [2.75, 3.05) is 0 Å². The zero-order chi connectivity index (χ0) is 13.6. The second-order valence-electron chi connectivity index (χ2n) is 2.87. The second-order valence-corrected chi connectivity index (χ2v) is 8.06. The Morgan fingerprint density at radius 2 is 0.667 bits per heavy atom.